The van der Waals surface area contributed by atoms with Gasteiger partial charge in [0.15, 0.2) is 0 Å². The van der Waals surface area contributed by atoms with Crippen molar-refractivity contribution in [1.29, 1.82) is 0 Å². The predicted octanol–water partition coefficient (Wildman–Crippen LogP) is 4.84. The number of amides is 1. The number of nitrogens with zero attached hydrogens (tertiary/aromatic N) is 1. The first-order valence-electron chi connectivity index (χ1n) is 7.29. The number of aromatic nitrogens is 1. The summed E-state index contributed by atoms with van der Waals surface area (Å²) in [7, 11) is 0. The zero-order chi connectivity index (χ0) is 17.1. The van der Waals surface area contributed by atoms with Gasteiger partial charge in [0.05, 0.1) is 17.3 Å². The Balaban J connectivity index is 1.73. The topological polar surface area (TPSA) is 42.0 Å². The van der Waals surface area contributed by atoms with Crippen LogP contribution in [0.15, 0.2) is 48.5 Å². The summed E-state index contributed by atoms with van der Waals surface area (Å²) in [5.41, 5.74) is 2.16. The molecule has 1 amide bonds. The highest BCUT2D eigenvalue weighted by molar-refractivity contribution is 7.15. The van der Waals surface area contributed by atoms with Crippen LogP contribution in [0, 0.1) is 12.7 Å². The number of aryl methyl sites for hydroxylation is 1. The number of halogens is 2. The van der Waals surface area contributed by atoms with Crippen molar-refractivity contribution in [3.05, 3.63) is 75.5 Å². The Morgan fingerprint density at radius 2 is 1.92 bits per heavy atom. The van der Waals surface area contributed by atoms with Crippen LogP contribution in [0.4, 0.5) is 4.39 Å². The molecule has 2 aromatic carbocycles. The standard InChI is InChI=1S/C18H14ClFN2OS/c1-11-16(10-21-17(23)12-6-8-13(20)9-7-12)24-18(22-11)14-4-2-3-5-15(14)19/h2-9H,10H2,1H3,(H,21,23). The maximum atomic E-state index is 12.9. The van der Waals surface area contributed by atoms with Crippen molar-refractivity contribution in [2.24, 2.45) is 0 Å². The third-order valence-electron chi connectivity index (χ3n) is 3.51. The first-order chi connectivity index (χ1) is 11.5. The van der Waals surface area contributed by atoms with Gasteiger partial charge in [-0.2, -0.15) is 0 Å². The van der Waals surface area contributed by atoms with Gasteiger partial charge in [-0.1, -0.05) is 29.8 Å². The maximum Gasteiger partial charge on any atom is 0.251 e. The average molecular weight is 361 g/mol. The molecule has 0 radical (unpaired) electrons. The summed E-state index contributed by atoms with van der Waals surface area (Å²) in [6, 6.07) is 13.0. The molecule has 3 aromatic rings. The molecule has 3 rings (SSSR count). The monoisotopic (exact) mass is 360 g/mol. The van der Waals surface area contributed by atoms with E-state index in [0.29, 0.717) is 17.1 Å². The molecule has 24 heavy (non-hydrogen) atoms. The van der Waals surface area contributed by atoms with Crippen LogP contribution >= 0.6 is 22.9 Å². The number of hydrogen-bond donors (Lipinski definition) is 1. The van der Waals surface area contributed by atoms with E-state index in [2.05, 4.69) is 10.3 Å². The molecular formula is C18H14ClFN2OS. The van der Waals surface area contributed by atoms with E-state index < -0.39 is 0 Å². The Kier molecular flexibility index (Phi) is 4.92. The van der Waals surface area contributed by atoms with Crippen LogP contribution in [-0.2, 0) is 6.54 Å². The summed E-state index contributed by atoms with van der Waals surface area (Å²) in [6.45, 7) is 2.26. The summed E-state index contributed by atoms with van der Waals surface area (Å²) in [5.74, 6) is -0.615. The molecule has 0 aliphatic heterocycles. The second kappa shape index (κ2) is 7.11. The van der Waals surface area contributed by atoms with Crippen molar-refractivity contribution in [2.45, 2.75) is 13.5 Å². The molecular weight excluding hydrogens is 347 g/mol. The number of hydrogen-bond acceptors (Lipinski definition) is 3. The van der Waals surface area contributed by atoms with Crippen LogP contribution in [0.25, 0.3) is 10.6 Å². The molecule has 0 fully saturated rings. The highest BCUT2D eigenvalue weighted by Gasteiger charge is 2.13. The Morgan fingerprint density at radius 1 is 1.21 bits per heavy atom. The lowest BCUT2D eigenvalue weighted by atomic mass is 10.2. The number of thiazole rings is 1. The van der Waals surface area contributed by atoms with Crippen molar-refractivity contribution in [1.82, 2.24) is 10.3 Å². The second-order valence-corrected chi connectivity index (χ2v) is 6.69. The maximum absolute atomic E-state index is 12.9. The van der Waals surface area contributed by atoms with E-state index in [1.807, 2.05) is 31.2 Å². The third-order valence-corrected chi connectivity index (χ3v) is 5.03. The van der Waals surface area contributed by atoms with Crippen molar-refractivity contribution < 1.29 is 9.18 Å². The molecule has 1 N–H and O–H groups in total. The normalized spacial score (nSPS) is 10.6. The molecule has 0 aliphatic carbocycles. The molecule has 1 aromatic heterocycles. The van der Waals surface area contributed by atoms with Crippen molar-refractivity contribution in [2.75, 3.05) is 0 Å². The van der Waals surface area contributed by atoms with Gasteiger partial charge in [-0.15, -0.1) is 11.3 Å². The Hall–Kier alpha value is -2.24. The molecule has 122 valence electrons. The van der Waals surface area contributed by atoms with Gasteiger partial charge in [-0.25, -0.2) is 9.37 Å². The second-order valence-electron chi connectivity index (χ2n) is 5.20. The molecule has 3 nitrogen and oxygen atoms in total. The summed E-state index contributed by atoms with van der Waals surface area (Å²) >= 11 is 7.70. The minimum Gasteiger partial charge on any atom is -0.347 e. The molecule has 1 heterocycles. The fourth-order valence-electron chi connectivity index (χ4n) is 2.21. The van der Waals surface area contributed by atoms with E-state index in [-0.39, 0.29) is 11.7 Å². The number of carbonyl (C=O) groups is 1. The SMILES string of the molecule is Cc1nc(-c2ccccc2Cl)sc1CNC(=O)c1ccc(F)cc1. The van der Waals surface area contributed by atoms with Gasteiger partial charge in [0.25, 0.3) is 5.91 Å². The van der Waals surface area contributed by atoms with E-state index in [1.165, 1.54) is 35.6 Å². The van der Waals surface area contributed by atoms with Crippen LogP contribution in [0.2, 0.25) is 5.02 Å². The molecule has 0 atom stereocenters. The summed E-state index contributed by atoms with van der Waals surface area (Å²) in [5, 5.41) is 4.30. The van der Waals surface area contributed by atoms with Crippen molar-refractivity contribution >= 4 is 28.8 Å². The number of benzene rings is 2. The predicted molar refractivity (Wildman–Crippen MR) is 94.9 cm³/mol. The molecule has 0 unspecified atom stereocenters. The van der Waals surface area contributed by atoms with Gasteiger partial charge in [0, 0.05) is 16.0 Å². The largest absolute Gasteiger partial charge is 0.347 e. The van der Waals surface area contributed by atoms with Gasteiger partial charge < -0.3 is 5.32 Å². The molecule has 0 saturated carbocycles. The fraction of sp³-hybridized carbons (Fsp3) is 0.111. The molecule has 6 heteroatoms. The van der Waals surface area contributed by atoms with Crippen LogP contribution in [0.1, 0.15) is 20.9 Å². The van der Waals surface area contributed by atoms with Crippen LogP contribution in [-0.4, -0.2) is 10.9 Å². The molecule has 0 aliphatic rings. The zero-order valence-corrected chi connectivity index (χ0v) is 14.4. The lowest BCUT2D eigenvalue weighted by Crippen LogP contribution is -2.22. The quantitative estimate of drug-likeness (QED) is 0.723. The van der Waals surface area contributed by atoms with E-state index in [1.54, 1.807) is 0 Å². The zero-order valence-electron chi connectivity index (χ0n) is 12.8. The number of nitrogens with one attached hydrogen (secondary N) is 1. The van der Waals surface area contributed by atoms with E-state index in [9.17, 15) is 9.18 Å². The number of carbonyl (C=O) groups excluding carboxylic acids is 1. The van der Waals surface area contributed by atoms with Gasteiger partial charge in [0.2, 0.25) is 0 Å². The Morgan fingerprint density at radius 3 is 2.62 bits per heavy atom. The Labute approximate surface area is 148 Å². The molecule has 0 saturated heterocycles. The van der Waals surface area contributed by atoms with Crippen molar-refractivity contribution in [3.63, 3.8) is 0 Å². The summed E-state index contributed by atoms with van der Waals surface area (Å²) < 4.78 is 12.9. The lowest BCUT2D eigenvalue weighted by molar-refractivity contribution is 0.0951. The summed E-state index contributed by atoms with van der Waals surface area (Å²) in [6.07, 6.45) is 0. The van der Waals surface area contributed by atoms with E-state index in [4.69, 9.17) is 11.6 Å². The average Bonchev–Trinajstić information content (AvgIpc) is 2.94. The minimum absolute atomic E-state index is 0.248. The van der Waals surface area contributed by atoms with Crippen LogP contribution in [0.5, 0.6) is 0 Å². The highest BCUT2D eigenvalue weighted by Crippen LogP contribution is 2.32. The third kappa shape index (κ3) is 3.63. The van der Waals surface area contributed by atoms with E-state index >= 15 is 0 Å². The minimum atomic E-state index is -0.366. The van der Waals surface area contributed by atoms with E-state index in [0.717, 1.165) is 21.1 Å². The summed E-state index contributed by atoms with van der Waals surface area (Å²) in [4.78, 5) is 17.6. The first-order valence-corrected chi connectivity index (χ1v) is 8.49. The van der Waals surface area contributed by atoms with Gasteiger partial charge in [0.1, 0.15) is 10.8 Å². The van der Waals surface area contributed by atoms with Gasteiger partial charge >= 0.3 is 0 Å². The van der Waals surface area contributed by atoms with Gasteiger partial charge in [-0.3, -0.25) is 4.79 Å². The van der Waals surface area contributed by atoms with Crippen LogP contribution < -0.4 is 5.32 Å². The molecule has 0 spiro atoms. The fourth-order valence-corrected chi connectivity index (χ4v) is 3.53. The first kappa shape index (κ1) is 16.6. The molecule has 0 bridgehead atoms. The smallest absolute Gasteiger partial charge is 0.251 e. The Bertz CT molecular complexity index is 877. The number of rotatable bonds is 4. The lowest BCUT2D eigenvalue weighted by Gasteiger charge is -2.04. The highest BCUT2D eigenvalue weighted by atomic mass is 35.5. The van der Waals surface area contributed by atoms with Gasteiger partial charge in [-0.05, 0) is 37.3 Å². The van der Waals surface area contributed by atoms with Crippen molar-refractivity contribution in [3.8, 4) is 10.6 Å². The van der Waals surface area contributed by atoms with Crippen LogP contribution in [0.3, 0.4) is 0 Å².